The number of nitrogens with one attached hydrogen (secondary N) is 2. The van der Waals surface area contributed by atoms with Crippen molar-refractivity contribution in [3.05, 3.63) is 30.3 Å². The molecule has 22 heavy (non-hydrogen) atoms. The number of benzene rings is 1. The van der Waals surface area contributed by atoms with Gasteiger partial charge in [-0.2, -0.15) is 13.2 Å². The predicted octanol–water partition coefficient (Wildman–Crippen LogP) is 2.28. The fourth-order valence-electron chi connectivity index (χ4n) is 1.61. The fraction of sp³-hybridized carbons (Fsp3) is 0.385. The Morgan fingerprint density at radius 2 is 1.82 bits per heavy atom. The number of esters is 1. The summed E-state index contributed by atoms with van der Waals surface area (Å²) in [5, 5.41) is 3.56. The van der Waals surface area contributed by atoms with Crippen molar-refractivity contribution in [2.45, 2.75) is 18.8 Å². The minimum Gasteiger partial charge on any atom is -0.463 e. The average Bonchev–Trinajstić information content (AvgIpc) is 2.46. The van der Waals surface area contributed by atoms with Crippen LogP contribution in [-0.2, 0) is 14.3 Å². The van der Waals surface area contributed by atoms with Gasteiger partial charge in [-0.15, -0.1) is 11.6 Å². The molecule has 5 nitrogen and oxygen atoms in total. The van der Waals surface area contributed by atoms with Crippen LogP contribution >= 0.6 is 11.6 Å². The number of halogens is 4. The molecule has 1 rings (SSSR count). The first-order valence-corrected chi connectivity index (χ1v) is 6.74. The zero-order chi connectivity index (χ0) is 16.8. The molecule has 2 N–H and O–H groups in total. The SMILES string of the molecule is CCOC(=O)[C@](NC(=O)CCl)(Nc1ccccc1)C(F)(F)F. The number of rotatable bonds is 6. The number of hydrogen-bond acceptors (Lipinski definition) is 4. The Labute approximate surface area is 129 Å². The third-order valence-electron chi connectivity index (χ3n) is 2.56. The summed E-state index contributed by atoms with van der Waals surface area (Å²) in [6.07, 6.45) is -5.16. The Kier molecular flexibility index (Phi) is 6.04. The third-order valence-corrected chi connectivity index (χ3v) is 2.80. The normalized spacial score (nSPS) is 13.9. The summed E-state index contributed by atoms with van der Waals surface area (Å²) in [5.41, 5.74) is -3.45. The Balaban J connectivity index is 3.30. The van der Waals surface area contributed by atoms with E-state index < -0.39 is 29.6 Å². The number of alkyl halides is 4. The van der Waals surface area contributed by atoms with Gasteiger partial charge in [-0.3, -0.25) is 4.79 Å². The number of anilines is 1. The summed E-state index contributed by atoms with van der Waals surface area (Å²) in [6, 6.07) is 7.15. The largest absolute Gasteiger partial charge is 0.463 e. The maximum atomic E-state index is 13.5. The van der Waals surface area contributed by atoms with Crippen LogP contribution in [0.1, 0.15) is 6.92 Å². The molecular weight excluding hydrogens is 325 g/mol. The Morgan fingerprint density at radius 3 is 2.27 bits per heavy atom. The van der Waals surface area contributed by atoms with Gasteiger partial charge in [0.05, 0.1) is 6.61 Å². The van der Waals surface area contributed by atoms with E-state index in [0.717, 1.165) is 0 Å². The van der Waals surface area contributed by atoms with Crippen molar-refractivity contribution in [3.8, 4) is 0 Å². The standard InChI is InChI=1S/C13H14ClF3N2O3/c1-2-22-11(21)12(13(15,16)17,19-10(20)8-14)18-9-6-4-3-5-7-9/h3-7,18H,2,8H2,1H3,(H,19,20)/t12-/m1/s1. The third kappa shape index (κ3) is 4.03. The van der Waals surface area contributed by atoms with Crippen molar-refractivity contribution in [3.63, 3.8) is 0 Å². The van der Waals surface area contributed by atoms with Gasteiger partial charge < -0.3 is 15.4 Å². The van der Waals surface area contributed by atoms with E-state index >= 15 is 0 Å². The lowest BCUT2D eigenvalue weighted by Gasteiger charge is -2.35. The van der Waals surface area contributed by atoms with Crippen molar-refractivity contribution in [2.75, 3.05) is 17.8 Å². The van der Waals surface area contributed by atoms with Crippen LogP contribution in [0.4, 0.5) is 18.9 Å². The Hall–Kier alpha value is -1.96. The topological polar surface area (TPSA) is 67.4 Å². The minimum atomic E-state index is -5.16. The highest BCUT2D eigenvalue weighted by atomic mass is 35.5. The molecule has 0 aliphatic heterocycles. The molecule has 122 valence electrons. The molecule has 1 atom stereocenters. The van der Waals surface area contributed by atoms with Crippen LogP contribution in [0.25, 0.3) is 0 Å². The molecule has 9 heteroatoms. The second-order valence-corrected chi connectivity index (χ2v) is 4.41. The van der Waals surface area contributed by atoms with Crippen molar-refractivity contribution in [1.82, 2.24) is 5.32 Å². The lowest BCUT2D eigenvalue weighted by Crippen LogP contribution is -2.69. The summed E-state index contributed by atoms with van der Waals surface area (Å²) < 4.78 is 45.0. The molecule has 0 spiro atoms. The molecule has 0 aromatic heterocycles. The molecule has 0 aliphatic carbocycles. The minimum absolute atomic E-state index is 0.0252. The second kappa shape index (κ2) is 7.35. The van der Waals surface area contributed by atoms with Crippen molar-refractivity contribution < 1.29 is 27.5 Å². The van der Waals surface area contributed by atoms with Crippen LogP contribution in [0, 0.1) is 0 Å². The van der Waals surface area contributed by atoms with Crippen LogP contribution in [0.2, 0.25) is 0 Å². The first-order valence-electron chi connectivity index (χ1n) is 6.21. The molecular formula is C13H14ClF3N2O3. The molecule has 0 saturated heterocycles. The number of carbonyl (C=O) groups is 2. The number of amides is 1. The quantitative estimate of drug-likeness (QED) is 0.474. The highest BCUT2D eigenvalue weighted by molar-refractivity contribution is 6.27. The second-order valence-electron chi connectivity index (χ2n) is 4.14. The summed E-state index contributed by atoms with van der Waals surface area (Å²) >= 11 is 5.23. The van der Waals surface area contributed by atoms with Crippen LogP contribution in [0.3, 0.4) is 0 Å². The highest BCUT2D eigenvalue weighted by Crippen LogP contribution is 2.33. The highest BCUT2D eigenvalue weighted by Gasteiger charge is 2.63. The van der Waals surface area contributed by atoms with Crippen molar-refractivity contribution in [2.24, 2.45) is 0 Å². The van der Waals surface area contributed by atoms with Gasteiger partial charge in [-0.1, -0.05) is 18.2 Å². The molecule has 0 saturated carbocycles. The molecule has 1 aromatic rings. The van der Waals surface area contributed by atoms with Gasteiger partial charge in [0.2, 0.25) is 5.91 Å². The first-order chi connectivity index (χ1) is 10.3. The number of ether oxygens (including phenoxy) is 1. The molecule has 0 fully saturated rings. The van der Waals surface area contributed by atoms with Crippen LogP contribution in [0.5, 0.6) is 0 Å². The summed E-state index contributed by atoms with van der Waals surface area (Å²) in [7, 11) is 0. The van der Waals surface area contributed by atoms with E-state index in [9.17, 15) is 22.8 Å². The van der Waals surface area contributed by atoms with Gasteiger partial charge in [-0.25, -0.2) is 4.79 Å². The van der Waals surface area contributed by atoms with Gasteiger partial charge in [0.1, 0.15) is 5.88 Å². The summed E-state index contributed by atoms with van der Waals surface area (Å²) in [4.78, 5) is 23.3. The molecule has 0 radical (unpaired) electrons. The zero-order valence-electron chi connectivity index (χ0n) is 11.5. The van der Waals surface area contributed by atoms with Gasteiger partial charge in [0.25, 0.3) is 0 Å². The molecule has 0 aliphatic rings. The van der Waals surface area contributed by atoms with E-state index in [-0.39, 0.29) is 12.3 Å². The molecule has 0 heterocycles. The lowest BCUT2D eigenvalue weighted by molar-refractivity contribution is -0.207. The van der Waals surface area contributed by atoms with Crippen LogP contribution in [-0.4, -0.2) is 36.2 Å². The number of carbonyl (C=O) groups excluding carboxylic acids is 2. The van der Waals surface area contributed by atoms with Gasteiger partial charge in [0.15, 0.2) is 0 Å². The monoisotopic (exact) mass is 338 g/mol. The Morgan fingerprint density at radius 1 is 1.23 bits per heavy atom. The first kappa shape index (κ1) is 18.1. The lowest BCUT2D eigenvalue weighted by atomic mass is 10.1. The van der Waals surface area contributed by atoms with Crippen molar-refractivity contribution in [1.29, 1.82) is 0 Å². The molecule has 0 unspecified atom stereocenters. The van der Waals surface area contributed by atoms with Gasteiger partial charge in [-0.05, 0) is 19.1 Å². The van der Waals surface area contributed by atoms with Crippen molar-refractivity contribution >= 4 is 29.2 Å². The van der Waals surface area contributed by atoms with Crippen LogP contribution in [0.15, 0.2) is 30.3 Å². The van der Waals surface area contributed by atoms with Gasteiger partial charge in [0, 0.05) is 5.69 Å². The maximum absolute atomic E-state index is 13.5. The fourth-order valence-corrected chi connectivity index (χ4v) is 1.68. The van der Waals surface area contributed by atoms with E-state index in [0.29, 0.717) is 0 Å². The summed E-state index contributed by atoms with van der Waals surface area (Å²) in [5.74, 6) is -3.59. The van der Waals surface area contributed by atoms with E-state index in [4.69, 9.17) is 11.6 Å². The number of para-hydroxylation sites is 1. The van der Waals surface area contributed by atoms with E-state index in [2.05, 4.69) is 4.74 Å². The Bertz CT molecular complexity index is 525. The number of hydrogen-bond donors (Lipinski definition) is 2. The predicted molar refractivity (Wildman–Crippen MR) is 74.3 cm³/mol. The van der Waals surface area contributed by atoms with E-state index in [1.54, 1.807) is 11.4 Å². The van der Waals surface area contributed by atoms with E-state index in [1.807, 2.05) is 5.32 Å². The van der Waals surface area contributed by atoms with E-state index in [1.165, 1.54) is 31.2 Å². The maximum Gasteiger partial charge on any atom is 0.441 e. The van der Waals surface area contributed by atoms with Gasteiger partial charge >= 0.3 is 17.8 Å². The average molecular weight is 339 g/mol. The molecule has 1 aromatic carbocycles. The smallest absolute Gasteiger partial charge is 0.441 e. The van der Waals surface area contributed by atoms with Crippen LogP contribution < -0.4 is 10.6 Å². The molecule has 0 bridgehead atoms. The summed E-state index contributed by atoms with van der Waals surface area (Å²) in [6.45, 7) is 1.06. The zero-order valence-corrected chi connectivity index (χ0v) is 12.3. The molecule has 1 amide bonds.